The lowest BCUT2D eigenvalue weighted by Crippen LogP contribution is -2.00. The molecule has 3 rings (SSSR count). The molecular weight excluding hydrogens is 326 g/mol. The number of thioether (sulfide) groups is 1. The molecule has 2 aromatic carbocycles. The maximum Gasteiger partial charge on any atom is 0.191 e. The Morgan fingerprint density at radius 3 is 2.24 bits per heavy atom. The van der Waals surface area contributed by atoms with Crippen LogP contribution in [0.2, 0.25) is 0 Å². The summed E-state index contributed by atoms with van der Waals surface area (Å²) in [6.45, 7) is 9.55. The van der Waals surface area contributed by atoms with Crippen LogP contribution >= 0.6 is 11.8 Å². The number of nitrogens with zero attached hydrogens (tertiary/aromatic N) is 3. The fraction of sp³-hybridized carbons (Fsp3) is 0.333. The maximum absolute atomic E-state index is 4.45. The molecule has 1 aromatic heterocycles. The molecule has 0 aliphatic rings. The standard InChI is InChI=1S/C21H25N3S/c1-5-24-20(19-12-10-18(11-13-19)15(2)3)22-23-21(24)25-14-17-8-6-16(4)7-9-17/h6-13,15H,5,14H2,1-4H3. The molecule has 0 saturated heterocycles. The fourth-order valence-electron chi connectivity index (χ4n) is 2.74. The molecule has 0 fully saturated rings. The summed E-state index contributed by atoms with van der Waals surface area (Å²) < 4.78 is 2.20. The zero-order chi connectivity index (χ0) is 17.8. The summed E-state index contributed by atoms with van der Waals surface area (Å²) >= 11 is 1.74. The van der Waals surface area contributed by atoms with E-state index in [4.69, 9.17) is 0 Å². The SMILES string of the molecule is CCn1c(SCc2ccc(C)cc2)nnc1-c1ccc(C(C)C)cc1. The summed E-state index contributed by atoms with van der Waals surface area (Å²) in [7, 11) is 0. The van der Waals surface area contributed by atoms with Crippen LogP contribution in [-0.2, 0) is 12.3 Å². The quantitative estimate of drug-likeness (QED) is 0.535. The molecule has 0 aliphatic heterocycles. The third-order valence-corrected chi connectivity index (χ3v) is 5.40. The molecule has 3 aromatic rings. The van der Waals surface area contributed by atoms with Crippen LogP contribution in [-0.4, -0.2) is 14.8 Å². The zero-order valence-electron chi connectivity index (χ0n) is 15.4. The van der Waals surface area contributed by atoms with Gasteiger partial charge in [-0.1, -0.05) is 79.7 Å². The summed E-state index contributed by atoms with van der Waals surface area (Å²) in [4.78, 5) is 0. The van der Waals surface area contributed by atoms with Crippen molar-refractivity contribution < 1.29 is 0 Å². The van der Waals surface area contributed by atoms with E-state index in [9.17, 15) is 0 Å². The van der Waals surface area contributed by atoms with Gasteiger partial charge in [0.15, 0.2) is 11.0 Å². The van der Waals surface area contributed by atoms with Gasteiger partial charge >= 0.3 is 0 Å². The van der Waals surface area contributed by atoms with Crippen molar-refractivity contribution >= 4 is 11.8 Å². The number of aromatic nitrogens is 3. The van der Waals surface area contributed by atoms with Gasteiger partial charge in [-0.05, 0) is 30.9 Å². The molecule has 130 valence electrons. The number of rotatable bonds is 6. The molecule has 3 nitrogen and oxygen atoms in total. The second-order valence-electron chi connectivity index (χ2n) is 6.60. The van der Waals surface area contributed by atoms with Crippen LogP contribution in [0.25, 0.3) is 11.4 Å². The largest absolute Gasteiger partial charge is 0.302 e. The Labute approximate surface area is 154 Å². The Bertz CT molecular complexity index is 817. The Hall–Kier alpha value is -2.07. The molecule has 0 bridgehead atoms. The first-order valence-electron chi connectivity index (χ1n) is 8.80. The molecular formula is C21H25N3S. The van der Waals surface area contributed by atoms with Gasteiger partial charge in [-0.3, -0.25) is 0 Å². The van der Waals surface area contributed by atoms with Gasteiger partial charge in [0.05, 0.1) is 0 Å². The first-order valence-corrected chi connectivity index (χ1v) is 9.79. The molecule has 0 spiro atoms. The highest BCUT2D eigenvalue weighted by Crippen LogP contribution is 2.27. The number of hydrogen-bond acceptors (Lipinski definition) is 3. The van der Waals surface area contributed by atoms with Gasteiger partial charge in [0, 0.05) is 17.9 Å². The van der Waals surface area contributed by atoms with Gasteiger partial charge < -0.3 is 4.57 Å². The van der Waals surface area contributed by atoms with Crippen molar-refractivity contribution in [2.75, 3.05) is 0 Å². The van der Waals surface area contributed by atoms with Crippen molar-refractivity contribution in [2.45, 2.75) is 51.1 Å². The molecule has 0 saturated carbocycles. The minimum Gasteiger partial charge on any atom is -0.302 e. The predicted octanol–water partition coefficient (Wildman–Crippen LogP) is 5.69. The van der Waals surface area contributed by atoms with Crippen molar-refractivity contribution in [3.05, 3.63) is 65.2 Å². The van der Waals surface area contributed by atoms with Gasteiger partial charge in [0.2, 0.25) is 0 Å². The monoisotopic (exact) mass is 351 g/mol. The Balaban J connectivity index is 1.79. The third kappa shape index (κ3) is 4.13. The van der Waals surface area contributed by atoms with Crippen molar-refractivity contribution in [1.29, 1.82) is 0 Å². The van der Waals surface area contributed by atoms with Gasteiger partial charge in [-0.25, -0.2) is 0 Å². The van der Waals surface area contributed by atoms with E-state index in [1.165, 1.54) is 16.7 Å². The predicted molar refractivity (Wildman–Crippen MR) is 106 cm³/mol. The van der Waals surface area contributed by atoms with Gasteiger partial charge in [0.1, 0.15) is 0 Å². The van der Waals surface area contributed by atoms with E-state index in [2.05, 4.69) is 91.0 Å². The highest BCUT2D eigenvalue weighted by Gasteiger charge is 2.13. The van der Waals surface area contributed by atoms with Crippen LogP contribution in [0.1, 0.15) is 43.4 Å². The van der Waals surface area contributed by atoms with E-state index >= 15 is 0 Å². The second-order valence-corrected chi connectivity index (χ2v) is 7.54. The zero-order valence-corrected chi connectivity index (χ0v) is 16.2. The Kier molecular flexibility index (Phi) is 5.59. The second kappa shape index (κ2) is 7.87. The van der Waals surface area contributed by atoms with E-state index in [1.807, 2.05) is 0 Å². The van der Waals surface area contributed by atoms with Crippen molar-refractivity contribution in [3.63, 3.8) is 0 Å². The highest BCUT2D eigenvalue weighted by atomic mass is 32.2. The minimum atomic E-state index is 0.540. The van der Waals surface area contributed by atoms with E-state index < -0.39 is 0 Å². The van der Waals surface area contributed by atoms with Crippen molar-refractivity contribution in [2.24, 2.45) is 0 Å². The van der Waals surface area contributed by atoms with Crippen LogP contribution in [0.4, 0.5) is 0 Å². The van der Waals surface area contributed by atoms with Gasteiger partial charge in [-0.2, -0.15) is 0 Å². The van der Waals surface area contributed by atoms with Crippen LogP contribution in [0.3, 0.4) is 0 Å². The first kappa shape index (κ1) is 17.7. The lowest BCUT2D eigenvalue weighted by molar-refractivity contribution is 0.687. The summed E-state index contributed by atoms with van der Waals surface area (Å²) in [6.07, 6.45) is 0. The van der Waals surface area contributed by atoms with Crippen LogP contribution < -0.4 is 0 Å². The Morgan fingerprint density at radius 1 is 0.960 bits per heavy atom. The van der Waals surface area contributed by atoms with E-state index in [-0.39, 0.29) is 0 Å². The topological polar surface area (TPSA) is 30.7 Å². The Morgan fingerprint density at radius 2 is 1.64 bits per heavy atom. The molecule has 0 amide bonds. The molecule has 0 unspecified atom stereocenters. The normalized spacial score (nSPS) is 11.2. The maximum atomic E-state index is 4.45. The number of hydrogen-bond donors (Lipinski definition) is 0. The summed E-state index contributed by atoms with van der Waals surface area (Å²) in [5, 5.41) is 9.86. The molecule has 0 aliphatic carbocycles. The first-order chi connectivity index (χ1) is 12.1. The smallest absolute Gasteiger partial charge is 0.191 e. The number of aryl methyl sites for hydroxylation is 1. The molecule has 25 heavy (non-hydrogen) atoms. The summed E-state index contributed by atoms with van der Waals surface area (Å²) in [5.41, 5.74) is 5.07. The van der Waals surface area contributed by atoms with Crippen LogP contribution in [0, 0.1) is 6.92 Å². The van der Waals surface area contributed by atoms with Gasteiger partial charge in [-0.15, -0.1) is 10.2 Å². The molecule has 0 N–H and O–H groups in total. The van der Waals surface area contributed by atoms with E-state index in [1.54, 1.807) is 11.8 Å². The molecule has 0 radical (unpaired) electrons. The van der Waals surface area contributed by atoms with E-state index in [0.29, 0.717) is 5.92 Å². The van der Waals surface area contributed by atoms with E-state index in [0.717, 1.165) is 28.8 Å². The van der Waals surface area contributed by atoms with Crippen molar-refractivity contribution in [1.82, 2.24) is 14.8 Å². The summed E-state index contributed by atoms with van der Waals surface area (Å²) in [5.74, 6) is 2.40. The third-order valence-electron chi connectivity index (χ3n) is 4.36. The lowest BCUT2D eigenvalue weighted by Gasteiger charge is -2.09. The summed E-state index contributed by atoms with van der Waals surface area (Å²) in [6, 6.07) is 17.4. The number of benzene rings is 2. The molecule has 4 heteroatoms. The average Bonchev–Trinajstić information content (AvgIpc) is 3.04. The highest BCUT2D eigenvalue weighted by molar-refractivity contribution is 7.98. The minimum absolute atomic E-state index is 0.540. The molecule has 0 atom stereocenters. The average molecular weight is 352 g/mol. The van der Waals surface area contributed by atoms with Crippen LogP contribution in [0.5, 0.6) is 0 Å². The lowest BCUT2D eigenvalue weighted by atomic mass is 10.0. The molecule has 1 heterocycles. The van der Waals surface area contributed by atoms with Crippen molar-refractivity contribution in [3.8, 4) is 11.4 Å². The van der Waals surface area contributed by atoms with Gasteiger partial charge in [0.25, 0.3) is 0 Å². The van der Waals surface area contributed by atoms with Crippen LogP contribution in [0.15, 0.2) is 53.7 Å². The fourth-order valence-corrected chi connectivity index (χ4v) is 3.70.